The summed E-state index contributed by atoms with van der Waals surface area (Å²) in [6.45, 7) is 0. The Morgan fingerprint density at radius 1 is 0.365 bits per heavy atom. The Bertz CT molecular complexity index is 3030. The SMILES string of the molecule is N#Cc1cc(C#N)c(-c2cc(-c3ccc4sc5ccccc5c4c3)cc(-c3ccc4sc5ccccc5c4c3)c2)c(-c2cccc3ccccc23)c1. The fourth-order valence-electron chi connectivity index (χ4n) is 7.70. The van der Waals surface area contributed by atoms with Gasteiger partial charge in [0.15, 0.2) is 0 Å². The van der Waals surface area contributed by atoms with E-state index in [9.17, 15) is 10.5 Å². The van der Waals surface area contributed by atoms with E-state index >= 15 is 0 Å². The minimum absolute atomic E-state index is 0.462. The van der Waals surface area contributed by atoms with Crippen LogP contribution < -0.4 is 0 Å². The number of benzene rings is 8. The summed E-state index contributed by atoms with van der Waals surface area (Å²) in [7, 11) is 0. The Labute approximate surface area is 308 Å². The summed E-state index contributed by atoms with van der Waals surface area (Å²) in [5, 5.41) is 28.0. The van der Waals surface area contributed by atoms with Gasteiger partial charge in [-0.2, -0.15) is 10.5 Å². The Balaban J connectivity index is 1.27. The molecule has 0 bridgehead atoms. The maximum Gasteiger partial charge on any atom is 0.0998 e. The highest BCUT2D eigenvalue weighted by Gasteiger charge is 2.19. The van der Waals surface area contributed by atoms with Gasteiger partial charge in [-0.05, 0) is 116 Å². The molecule has 2 aromatic heterocycles. The third-order valence-corrected chi connectivity index (χ3v) is 12.4. The minimum atomic E-state index is 0.462. The van der Waals surface area contributed by atoms with Gasteiger partial charge < -0.3 is 0 Å². The average Bonchev–Trinajstić information content (AvgIpc) is 3.77. The van der Waals surface area contributed by atoms with Crippen LogP contribution in [-0.2, 0) is 0 Å². The van der Waals surface area contributed by atoms with Gasteiger partial charge in [0.25, 0.3) is 0 Å². The predicted octanol–water partition coefficient (Wildman–Crippen LogP) is 14.0. The zero-order valence-corrected chi connectivity index (χ0v) is 29.4. The third-order valence-electron chi connectivity index (χ3n) is 10.1. The first-order chi connectivity index (χ1) is 25.6. The lowest BCUT2D eigenvalue weighted by Gasteiger charge is -2.18. The molecule has 0 radical (unpaired) electrons. The molecule has 0 saturated carbocycles. The monoisotopic (exact) mass is 694 g/mol. The summed E-state index contributed by atoms with van der Waals surface area (Å²) >= 11 is 3.63. The first-order valence-electron chi connectivity index (χ1n) is 17.1. The van der Waals surface area contributed by atoms with E-state index < -0.39 is 0 Å². The van der Waals surface area contributed by atoms with Gasteiger partial charge in [-0.1, -0.05) is 91.0 Å². The average molecular weight is 695 g/mol. The highest BCUT2D eigenvalue weighted by molar-refractivity contribution is 7.26. The highest BCUT2D eigenvalue weighted by atomic mass is 32.1. The van der Waals surface area contributed by atoms with Crippen molar-refractivity contribution in [3.63, 3.8) is 0 Å². The number of hydrogen-bond acceptors (Lipinski definition) is 4. The molecule has 0 unspecified atom stereocenters. The van der Waals surface area contributed by atoms with E-state index in [4.69, 9.17) is 0 Å². The van der Waals surface area contributed by atoms with E-state index in [1.807, 2.05) is 40.9 Å². The van der Waals surface area contributed by atoms with Gasteiger partial charge in [0.05, 0.1) is 23.3 Å². The molecule has 0 N–H and O–H groups in total. The van der Waals surface area contributed by atoms with Crippen LogP contribution >= 0.6 is 22.7 Å². The summed E-state index contributed by atoms with van der Waals surface area (Å²) in [6.07, 6.45) is 0. The molecule has 8 aromatic carbocycles. The van der Waals surface area contributed by atoms with Gasteiger partial charge in [0.2, 0.25) is 0 Å². The van der Waals surface area contributed by atoms with Gasteiger partial charge in [-0.15, -0.1) is 22.7 Å². The van der Waals surface area contributed by atoms with Crippen LogP contribution in [0.2, 0.25) is 0 Å². The zero-order chi connectivity index (χ0) is 34.8. The quantitative estimate of drug-likeness (QED) is 0.184. The Morgan fingerprint density at radius 2 is 0.904 bits per heavy atom. The molecule has 0 aliphatic rings. The van der Waals surface area contributed by atoms with Gasteiger partial charge in [0.1, 0.15) is 0 Å². The zero-order valence-electron chi connectivity index (χ0n) is 27.7. The summed E-state index contributed by atoms with van der Waals surface area (Å²) in [6, 6.07) is 60.4. The van der Waals surface area contributed by atoms with Crippen molar-refractivity contribution in [2.75, 3.05) is 0 Å². The first-order valence-corrected chi connectivity index (χ1v) is 18.7. The van der Waals surface area contributed by atoms with E-state index in [1.54, 1.807) is 6.07 Å². The van der Waals surface area contributed by atoms with Crippen LogP contribution in [-0.4, -0.2) is 0 Å². The van der Waals surface area contributed by atoms with Gasteiger partial charge in [0, 0.05) is 45.9 Å². The van der Waals surface area contributed by atoms with Crippen molar-refractivity contribution in [3.05, 3.63) is 169 Å². The van der Waals surface area contributed by atoms with Crippen molar-refractivity contribution in [1.82, 2.24) is 0 Å². The van der Waals surface area contributed by atoms with Gasteiger partial charge in [-0.3, -0.25) is 0 Å². The van der Waals surface area contributed by atoms with E-state index in [0.717, 1.165) is 55.3 Å². The molecule has 0 fully saturated rings. The molecule has 0 aliphatic heterocycles. The fourth-order valence-corrected chi connectivity index (χ4v) is 9.87. The number of fused-ring (bicyclic) bond motifs is 7. The van der Waals surface area contributed by atoms with Crippen LogP contribution in [0.15, 0.2) is 158 Å². The summed E-state index contributed by atoms with van der Waals surface area (Å²) in [4.78, 5) is 0. The maximum atomic E-state index is 10.7. The van der Waals surface area contributed by atoms with Crippen molar-refractivity contribution in [2.24, 2.45) is 0 Å². The molecule has 2 nitrogen and oxygen atoms in total. The summed E-state index contributed by atoms with van der Waals surface area (Å²) in [5.74, 6) is 0. The van der Waals surface area contributed by atoms with Crippen molar-refractivity contribution < 1.29 is 0 Å². The normalized spacial score (nSPS) is 11.4. The lowest BCUT2D eigenvalue weighted by atomic mass is 9.85. The van der Waals surface area contributed by atoms with Crippen LogP contribution in [0.5, 0.6) is 0 Å². The second-order valence-corrected chi connectivity index (χ2v) is 15.3. The van der Waals surface area contributed by atoms with Crippen LogP contribution in [0, 0.1) is 22.7 Å². The smallest absolute Gasteiger partial charge is 0.0998 e. The molecule has 52 heavy (non-hydrogen) atoms. The van der Waals surface area contributed by atoms with E-state index in [0.29, 0.717) is 11.1 Å². The minimum Gasteiger partial charge on any atom is -0.192 e. The summed E-state index contributed by atoms with van der Waals surface area (Å²) in [5.41, 5.74) is 8.91. The number of thiophene rings is 2. The molecule has 0 saturated heterocycles. The van der Waals surface area contributed by atoms with Gasteiger partial charge >= 0.3 is 0 Å². The largest absolute Gasteiger partial charge is 0.192 e. The standard InChI is InChI=1S/C48H26N2S2/c49-27-29-20-36(28-50)48(43(21-29)38-13-7-9-30-8-1-2-10-37(30)38)35-23-33(31-16-18-46-41(25-31)39-11-3-5-14-44(39)51-46)22-34(24-35)32-17-19-47-42(26-32)40-12-4-6-15-45(40)52-47/h1-26H. The predicted molar refractivity (Wildman–Crippen MR) is 221 cm³/mol. The second-order valence-electron chi connectivity index (χ2n) is 13.1. The molecular weight excluding hydrogens is 669 g/mol. The van der Waals surface area contributed by atoms with E-state index in [-0.39, 0.29) is 0 Å². The van der Waals surface area contributed by atoms with Crippen LogP contribution in [0.3, 0.4) is 0 Å². The van der Waals surface area contributed by atoms with Crippen LogP contribution in [0.25, 0.3) is 95.6 Å². The van der Waals surface area contributed by atoms with Crippen molar-refractivity contribution in [3.8, 4) is 56.6 Å². The number of hydrogen-bond donors (Lipinski definition) is 0. The van der Waals surface area contributed by atoms with Crippen molar-refractivity contribution in [1.29, 1.82) is 10.5 Å². The maximum absolute atomic E-state index is 10.7. The Kier molecular flexibility index (Phi) is 7.01. The molecule has 2 heterocycles. The molecule has 0 atom stereocenters. The second kappa shape index (κ2) is 12.0. The Morgan fingerprint density at radius 3 is 1.52 bits per heavy atom. The van der Waals surface area contributed by atoms with Crippen molar-refractivity contribution >= 4 is 73.8 Å². The molecular formula is C48H26N2S2. The topological polar surface area (TPSA) is 47.6 Å². The molecule has 0 aliphatic carbocycles. The number of nitriles is 2. The molecule has 4 heteroatoms. The molecule has 0 amide bonds. The fraction of sp³-hybridized carbons (Fsp3) is 0. The Hall–Kier alpha value is -6.56. The summed E-state index contributed by atoms with van der Waals surface area (Å²) < 4.78 is 5.06. The van der Waals surface area contributed by atoms with Crippen molar-refractivity contribution in [2.45, 2.75) is 0 Å². The van der Waals surface area contributed by atoms with E-state index in [1.165, 1.54) is 40.3 Å². The number of rotatable bonds is 4. The molecule has 0 spiro atoms. The number of nitrogens with zero attached hydrogens (tertiary/aromatic N) is 2. The lowest BCUT2D eigenvalue weighted by Crippen LogP contribution is -1.95. The molecule has 10 rings (SSSR count). The van der Waals surface area contributed by atoms with Gasteiger partial charge in [-0.25, -0.2) is 0 Å². The first kappa shape index (κ1) is 30.3. The molecule has 240 valence electrons. The lowest BCUT2D eigenvalue weighted by molar-refractivity contribution is 1.44. The van der Waals surface area contributed by atoms with Crippen LogP contribution in [0.1, 0.15) is 11.1 Å². The molecule has 10 aromatic rings. The third kappa shape index (κ3) is 4.89. The van der Waals surface area contributed by atoms with Crippen LogP contribution in [0.4, 0.5) is 0 Å². The van der Waals surface area contributed by atoms with E-state index in [2.05, 4.69) is 146 Å². The highest BCUT2D eigenvalue weighted by Crippen LogP contribution is 2.44.